The molecular formula is C23H21ClFN3O3S. The van der Waals surface area contributed by atoms with Gasteiger partial charge in [0.2, 0.25) is 0 Å². The summed E-state index contributed by atoms with van der Waals surface area (Å²) in [4.78, 5) is 12.5. The van der Waals surface area contributed by atoms with Gasteiger partial charge in [-0.15, -0.1) is 0 Å². The first-order valence-electron chi connectivity index (χ1n) is 9.61. The van der Waals surface area contributed by atoms with E-state index in [9.17, 15) is 17.6 Å². The summed E-state index contributed by atoms with van der Waals surface area (Å²) < 4.78 is 40.7. The Labute approximate surface area is 191 Å². The third-order valence-electron chi connectivity index (χ3n) is 4.62. The minimum absolute atomic E-state index is 0.131. The molecule has 166 valence electrons. The third kappa shape index (κ3) is 5.72. The number of carbonyl (C=O) groups is 1. The van der Waals surface area contributed by atoms with Gasteiger partial charge in [-0.25, -0.2) is 18.2 Å². The molecule has 0 heterocycles. The Morgan fingerprint density at radius 1 is 1.00 bits per heavy atom. The van der Waals surface area contributed by atoms with Crippen LogP contribution < -0.4 is 9.73 Å². The molecule has 1 N–H and O–H groups in total. The Morgan fingerprint density at radius 3 is 2.19 bits per heavy atom. The summed E-state index contributed by atoms with van der Waals surface area (Å²) in [6, 6.07) is 18.0. The molecule has 0 atom stereocenters. The van der Waals surface area contributed by atoms with Gasteiger partial charge in [-0.05, 0) is 67.9 Å². The summed E-state index contributed by atoms with van der Waals surface area (Å²) in [5, 5.41) is 4.63. The van der Waals surface area contributed by atoms with Gasteiger partial charge in [-0.2, -0.15) is 5.10 Å². The summed E-state index contributed by atoms with van der Waals surface area (Å²) in [5.41, 5.74) is 4.90. The number of nitrogens with zero attached hydrogens (tertiary/aromatic N) is 2. The van der Waals surface area contributed by atoms with Gasteiger partial charge in [0, 0.05) is 5.02 Å². The molecule has 0 aliphatic carbocycles. The number of anilines is 1. The van der Waals surface area contributed by atoms with Crippen LogP contribution in [-0.2, 0) is 14.8 Å². The monoisotopic (exact) mass is 473 g/mol. The maximum atomic E-state index is 13.3. The van der Waals surface area contributed by atoms with Gasteiger partial charge >= 0.3 is 0 Å². The van der Waals surface area contributed by atoms with E-state index < -0.39 is 28.3 Å². The molecule has 0 aromatic heterocycles. The molecule has 0 spiro atoms. The molecule has 6 nitrogen and oxygen atoms in total. The number of hydrazone groups is 1. The fourth-order valence-corrected chi connectivity index (χ4v) is 4.37. The molecule has 0 aliphatic heterocycles. The fraction of sp³-hybridized carbons (Fsp3) is 0.130. The molecule has 1 amide bonds. The lowest BCUT2D eigenvalue weighted by Crippen LogP contribution is -2.39. The highest BCUT2D eigenvalue weighted by atomic mass is 35.5. The van der Waals surface area contributed by atoms with Crippen LogP contribution in [0.1, 0.15) is 18.1 Å². The van der Waals surface area contributed by atoms with Gasteiger partial charge in [0.1, 0.15) is 12.4 Å². The Hall–Kier alpha value is -3.23. The van der Waals surface area contributed by atoms with Crippen molar-refractivity contribution >= 4 is 38.9 Å². The van der Waals surface area contributed by atoms with Crippen molar-refractivity contribution in [3.63, 3.8) is 0 Å². The smallest absolute Gasteiger partial charge is 0.264 e. The van der Waals surface area contributed by atoms with Crippen molar-refractivity contribution in [1.29, 1.82) is 0 Å². The zero-order chi connectivity index (χ0) is 23.3. The SMILES string of the molecule is C/C(=N/NC(=O)CN(c1ccc(C)cc1)S(=O)(=O)c1ccc(F)cc1)c1ccc(Cl)cc1. The van der Waals surface area contributed by atoms with Crippen LogP contribution in [0.3, 0.4) is 0 Å². The Morgan fingerprint density at radius 2 is 1.59 bits per heavy atom. The fourth-order valence-electron chi connectivity index (χ4n) is 2.83. The average Bonchev–Trinajstić information content (AvgIpc) is 2.77. The van der Waals surface area contributed by atoms with E-state index in [0.717, 1.165) is 39.7 Å². The third-order valence-corrected chi connectivity index (χ3v) is 6.66. The molecule has 0 saturated heterocycles. The van der Waals surface area contributed by atoms with Crippen LogP contribution in [0.5, 0.6) is 0 Å². The van der Waals surface area contributed by atoms with Crippen molar-refractivity contribution in [2.45, 2.75) is 18.7 Å². The quantitative estimate of drug-likeness (QED) is 0.404. The first kappa shape index (κ1) is 23.4. The van der Waals surface area contributed by atoms with E-state index in [1.54, 1.807) is 55.5 Å². The van der Waals surface area contributed by atoms with Crippen LogP contribution in [0, 0.1) is 12.7 Å². The molecule has 0 radical (unpaired) electrons. The molecule has 0 aliphatic rings. The van der Waals surface area contributed by atoms with Crippen molar-refractivity contribution in [3.05, 3.63) is 94.8 Å². The predicted molar refractivity (Wildman–Crippen MR) is 124 cm³/mol. The highest BCUT2D eigenvalue weighted by Gasteiger charge is 2.27. The Kier molecular flexibility index (Phi) is 7.27. The Balaban J connectivity index is 1.86. The van der Waals surface area contributed by atoms with E-state index in [2.05, 4.69) is 10.5 Å². The molecule has 0 fully saturated rings. The first-order valence-corrected chi connectivity index (χ1v) is 11.4. The maximum absolute atomic E-state index is 13.3. The summed E-state index contributed by atoms with van der Waals surface area (Å²) in [6.45, 7) is 3.06. The van der Waals surface area contributed by atoms with E-state index in [1.807, 2.05) is 6.92 Å². The number of carbonyl (C=O) groups excluding carboxylic acids is 1. The number of benzene rings is 3. The highest BCUT2D eigenvalue weighted by Crippen LogP contribution is 2.24. The van der Waals surface area contributed by atoms with Crippen LogP contribution >= 0.6 is 11.6 Å². The van der Waals surface area contributed by atoms with Crippen molar-refractivity contribution in [2.24, 2.45) is 5.10 Å². The standard InChI is InChI=1S/C23H21ClFN3O3S/c1-16-3-11-21(12-4-16)28(32(30,31)22-13-9-20(25)10-14-22)15-23(29)27-26-17(2)18-5-7-19(24)8-6-18/h3-14H,15H2,1-2H3,(H,27,29)/b26-17-. The van der Waals surface area contributed by atoms with Crippen molar-refractivity contribution in [1.82, 2.24) is 5.43 Å². The number of aryl methyl sites for hydroxylation is 1. The van der Waals surface area contributed by atoms with Crippen molar-refractivity contribution in [2.75, 3.05) is 10.8 Å². The van der Waals surface area contributed by atoms with E-state index in [4.69, 9.17) is 11.6 Å². The second kappa shape index (κ2) is 9.93. The van der Waals surface area contributed by atoms with Gasteiger partial charge in [-0.1, -0.05) is 41.4 Å². The van der Waals surface area contributed by atoms with Crippen LogP contribution in [-0.4, -0.2) is 26.6 Å². The molecule has 0 bridgehead atoms. The number of rotatable bonds is 7. The van der Waals surface area contributed by atoms with E-state index in [0.29, 0.717) is 16.4 Å². The van der Waals surface area contributed by atoms with Crippen molar-refractivity contribution < 1.29 is 17.6 Å². The minimum Gasteiger partial charge on any atom is -0.271 e. The average molecular weight is 474 g/mol. The number of hydrogen-bond acceptors (Lipinski definition) is 4. The molecule has 0 unspecified atom stereocenters. The number of sulfonamides is 1. The molecule has 3 aromatic rings. The van der Waals surface area contributed by atoms with Crippen LogP contribution in [0.25, 0.3) is 0 Å². The van der Waals surface area contributed by atoms with Gasteiger partial charge in [0.15, 0.2) is 0 Å². The number of hydrogen-bond donors (Lipinski definition) is 1. The minimum atomic E-state index is -4.13. The second-order valence-corrected chi connectivity index (χ2v) is 9.34. The lowest BCUT2D eigenvalue weighted by atomic mass is 10.1. The Bertz CT molecular complexity index is 1230. The van der Waals surface area contributed by atoms with Gasteiger partial charge in [0.05, 0.1) is 16.3 Å². The zero-order valence-electron chi connectivity index (χ0n) is 17.4. The van der Waals surface area contributed by atoms with Crippen molar-refractivity contribution in [3.8, 4) is 0 Å². The van der Waals surface area contributed by atoms with Gasteiger partial charge in [0.25, 0.3) is 15.9 Å². The maximum Gasteiger partial charge on any atom is 0.264 e. The molecule has 0 saturated carbocycles. The number of nitrogens with one attached hydrogen (secondary N) is 1. The lowest BCUT2D eigenvalue weighted by Gasteiger charge is -2.24. The molecule has 3 aromatic carbocycles. The molecule has 9 heteroatoms. The van der Waals surface area contributed by atoms with Gasteiger partial charge in [-0.3, -0.25) is 9.10 Å². The summed E-state index contributed by atoms with van der Waals surface area (Å²) in [6.07, 6.45) is 0. The topological polar surface area (TPSA) is 78.8 Å². The summed E-state index contributed by atoms with van der Waals surface area (Å²) in [5.74, 6) is -1.19. The van der Waals surface area contributed by atoms with E-state index in [1.165, 1.54) is 0 Å². The lowest BCUT2D eigenvalue weighted by molar-refractivity contribution is -0.119. The molecular weight excluding hydrogens is 453 g/mol. The molecule has 32 heavy (non-hydrogen) atoms. The zero-order valence-corrected chi connectivity index (χ0v) is 19.0. The highest BCUT2D eigenvalue weighted by molar-refractivity contribution is 7.92. The van der Waals surface area contributed by atoms with Crippen LogP contribution in [0.2, 0.25) is 5.02 Å². The number of halogens is 2. The van der Waals surface area contributed by atoms with Gasteiger partial charge < -0.3 is 0 Å². The normalized spacial score (nSPS) is 11.8. The molecule has 3 rings (SSSR count). The predicted octanol–water partition coefficient (Wildman–Crippen LogP) is 4.52. The van der Waals surface area contributed by atoms with E-state index in [-0.39, 0.29) is 4.90 Å². The van der Waals surface area contributed by atoms with E-state index >= 15 is 0 Å². The summed E-state index contributed by atoms with van der Waals surface area (Å²) in [7, 11) is -4.13. The van der Waals surface area contributed by atoms with Crippen LogP contribution in [0.15, 0.2) is 82.8 Å². The van der Waals surface area contributed by atoms with Crippen LogP contribution in [0.4, 0.5) is 10.1 Å². The second-order valence-electron chi connectivity index (χ2n) is 7.04. The first-order chi connectivity index (χ1) is 15.2. The summed E-state index contributed by atoms with van der Waals surface area (Å²) >= 11 is 5.88. The largest absolute Gasteiger partial charge is 0.271 e. The number of amides is 1.